The van der Waals surface area contributed by atoms with Crippen molar-refractivity contribution in [1.29, 1.82) is 0 Å². The molecule has 0 fully saturated rings. The van der Waals surface area contributed by atoms with E-state index in [1.165, 1.54) is 0 Å². The quantitative estimate of drug-likeness (QED) is 0.559. The first-order valence-corrected chi connectivity index (χ1v) is 3.91. The van der Waals surface area contributed by atoms with E-state index in [2.05, 4.69) is 15.4 Å². The van der Waals surface area contributed by atoms with E-state index in [1.807, 2.05) is 27.1 Å². The van der Waals surface area contributed by atoms with E-state index in [1.54, 1.807) is 5.01 Å². The molecule has 1 aromatic rings. The summed E-state index contributed by atoms with van der Waals surface area (Å²) >= 11 is 5.65. The van der Waals surface area contributed by atoms with Gasteiger partial charge in [-0.25, -0.2) is 9.99 Å². The molecule has 0 bridgehead atoms. The van der Waals surface area contributed by atoms with Crippen LogP contribution in [0.4, 0.5) is 5.82 Å². The Bertz CT molecular complexity index is 254. The normalized spacial score (nSPS) is 10.4. The van der Waals surface area contributed by atoms with E-state index >= 15 is 0 Å². The molecule has 12 heavy (non-hydrogen) atoms. The molecule has 0 saturated carbocycles. The first-order chi connectivity index (χ1) is 5.58. The number of hydrogen-bond donors (Lipinski definition) is 1. The fraction of sp³-hybridized carbons (Fsp3) is 0.429. The van der Waals surface area contributed by atoms with Crippen LogP contribution in [0, 0.1) is 6.92 Å². The molecule has 0 unspecified atom stereocenters. The van der Waals surface area contributed by atoms with Crippen molar-refractivity contribution in [3.63, 3.8) is 0 Å². The number of aromatic nitrogens is 2. The Morgan fingerprint density at radius 2 is 2.08 bits per heavy atom. The summed E-state index contributed by atoms with van der Waals surface area (Å²) in [6.07, 6.45) is 0. The lowest BCUT2D eigenvalue weighted by molar-refractivity contribution is 0.492. The predicted molar refractivity (Wildman–Crippen MR) is 49.1 cm³/mol. The van der Waals surface area contributed by atoms with Crippen LogP contribution in [0.15, 0.2) is 6.07 Å². The standard InChI is InChI=1S/C7H11ClN4/c1-5-4-6(11-12(2)3)10-7(8)9-5/h4H,1-3H3,(H,9,10,11). The first-order valence-electron chi connectivity index (χ1n) is 3.53. The third-order valence-electron chi connectivity index (χ3n) is 1.17. The Balaban J connectivity index is 2.85. The van der Waals surface area contributed by atoms with E-state index in [9.17, 15) is 0 Å². The Hall–Kier alpha value is -0.870. The third-order valence-corrected chi connectivity index (χ3v) is 1.33. The number of hydrogen-bond acceptors (Lipinski definition) is 4. The van der Waals surface area contributed by atoms with Gasteiger partial charge in [-0.15, -0.1) is 0 Å². The molecule has 0 aromatic carbocycles. The molecule has 0 amide bonds. The maximum absolute atomic E-state index is 5.65. The van der Waals surface area contributed by atoms with E-state index in [4.69, 9.17) is 11.6 Å². The molecular weight excluding hydrogens is 176 g/mol. The third kappa shape index (κ3) is 2.64. The average molecular weight is 187 g/mol. The van der Waals surface area contributed by atoms with Gasteiger partial charge in [-0.05, 0) is 18.5 Å². The van der Waals surface area contributed by atoms with Gasteiger partial charge in [-0.1, -0.05) is 0 Å². The van der Waals surface area contributed by atoms with Crippen molar-refractivity contribution < 1.29 is 0 Å². The van der Waals surface area contributed by atoms with Crippen molar-refractivity contribution in [2.45, 2.75) is 6.92 Å². The summed E-state index contributed by atoms with van der Waals surface area (Å²) in [5.41, 5.74) is 3.83. The molecule has 1 N–H and O–H groups in total. The number of hydrazine groups is 1. The van der Waals surface area contributed by atoms with Crippen LogP contribution in [0.2, 0.25) is 5.28 Å². The molecule has 1 aromatic heterocycles. The molecule has 4 nitrogen and oxygen atoms in total. The highest BCUT2D eigenvalue weighted by molar-refractivity contribution is 6.28. The van der Waals surface area contributed by atoms with Crippen LogP contribution in [-0.4, -0.2) is 29.1 Å². The fourth-order valence-electron chi connectivity index (χ4n) is 0.819. The lowest BCUT2D eigenvalue weighted by Gasteiger charge is -2.12. The van der Waals surface area contributed by atoms with Gasteiger partial charge in [-0.2, -0.15) is 4.98 Å². The number of nitrogens with zero attached hydrogens (tertiary/aromatic N) is 3. The molecule has 1 heterocycles. The fourth-order valence-corrected chi connectivity index (χ4v) is 1.04. The summed E-state index contributed by atoms with van der Waals surface area (Å²) < 4.78 is 0. The Kier molecular flexibility index (Phi) is 2.83. The van der Waals surface area contributed by atoms with Crippen LogP contribution in [0.1, 0.15) is 5.69 Å². The first kappa shape index (κ1) is 9.22. The lowest BCUT2D eigenvalue weighted by atomic mass is 10.4. The number of halogens is 1. The number of nitrogens with one attached hydrogen (secondary N) is 1. The van der Waals surface area contributed by atoms with Gasteiger partial charge in [0.05, 0.1) is 0 Å². The van der Waals surface area contributed by atoms with Crippen LogP contribution >= 0.6 is 11.6 Å². The van der Waals surface area contributed by atoms with E-state index < -0.39 is 0 Å². The van der Waals surface area contributed by atoms with Gasteiger partial charge in [0.1, 0.15) is 5.82 Å². The zero-order chi connectivity index (χ0) is 9.14. The lowest BCUT2D eigenvalue weighted by Crippen LogP contribution is -2.20. The van der Waals surface area contributed by atoms with Gasteiger partial charge in [0.15, 0.2) is 0 Å². The highest BCUT2D eigenvalue weighted by Crippen LogP contribution is 2.09. The number of rotatable bonds is 2. The van der Waals surface area contributed by atoms with Gasteiger partial charge >= 0.3 is 0 Å². The molecule has 1 rings (SSSR count). The SMILES string of the molecule is Cc1cc(NN(C)C)nc(Cl)n1. The van der Waals surface area contributed by atoms with E-state index in [0.717, 1.165) is 5.69 Å². The number of anilines is 1. The molecule has 0 atom stereocenters. The second-order valence-corrected chi connectivity index (χ2v) is 3.01. The summed E-state index contributed by atoms with van der Waals surface area (Å²) in [5, 5.41) is 2.05. The van der Waals surface area contributed by atoms with Gasteiger partial charge in [0, 0.05) is 25.9 Å². The van der Waals surface area contributed by atoms with Crippen molar-refractivity contribution >= 4 is 17.4 Å². The van der Waals surface area contributed by atoms with Crippen LogP contribution in [0.5, 0.6) is 0 Å². The molecule has 0 radical (unpaired) electrons. The summed E-state index contributed by atoms with van der Waals surface area (Å²) in [6, 6.07) is 1.83. The van der Waals surface area contributed by atoms with Gasteiger partial charge in [0.25, 0.3) is 0 Å². The van der Waals surface area contributed by atoms with Crippen molar-refractivity contribution in [1.82, 2.24) is 15.0 Å². The molecule has 0 saturated heterocycles. The summed E-state index contributed by atoms with van der Waals surface area (Å²) in [7, 11) is 3.76. The summed E-state index contributed by atoms with van der Waals surface area (Å²) in [4.78, 5) is 7.91. The second kappa shape index (κ2) is 3.69. The minimum Gasteiger partial charge on any atom is -0.303 e. The predicted octanol–water partition coefficient (Wildman–Crippen LogP) is 1.33. The molecule has 0 aliphatic carbocycles. The maximum atomic E-state index is 5.65. The minimum absolute atomic E-state index is 0.263. The minimum atomic E-state index is 0.263. The average Bonchev–Trinajstić information content (AvgIpc) is 1.81. The maximum Gasteiger partial charge on any atom is 0.224 e. The summed E-state index contributed by atoms with van der Waals surface area (Å²) in [6.45, 7) is 1.87. The van der Waals surface area contributed by atoms with Crippen LogP contribution in [-0.2, 0) is 0 Å². The smallest absolute Gasteiger partial charge is 0.224 e. The van der Waals surface area contributed by atoms with Crippen molar-refractivity contribution in [2.24, 2.45) is 0 Å². The Labute approximate surface area is 76.5 Å². The van der Waals surface area contributed by atoms with Crippen molar-refractivity contribution in [3.05, 3.63) is 17.0 Å². The van der Waals surface area contributed by atoms with Crippen LogP contribution in [0.25, 0.3) is 0 Å². The highest BCUT2D eigenvalue weighted by atomic mass is 35.5. The Morgan fingerprint density at radius 1 is 1.42 bits per heavy atom. The Morgan fingerprint density at radius 3 is 2.58 bits per heavy atom. The van der Waals surface area contributed by atoms with E-state index in [-0.39, 0.29) is 5.28 Å². The van der Waals surface area contributed by atoms with Gasteiger partial charge in [0.2, 0.25) is 5.28 Å². The zero-order valence-corrected chi connectivity index (χ0v) is 8.05. The second-order valence-electron chi connectivity index (χ2n) is 2.67. The van der Waals surface area contributed by atoms with E-state index in [0.29, 0.717) is 5.82 Å². The van der Waals surface area contributed by atoms with Gasteiger partial charge < -0.3 is 5.43 Å². The molecule has 66 valence electrons. The molecule has 0 aliphatic heterocycles. The zero-order valence-electron chi connectivity index (χ0n) is 7.30. The summed E-state index contributed by atoms with van der Waals surface area (Å²) in [5.74, 6) is 0.706. The van der Waals surface area contributed by atoms with Gasteiger partial charge in [-0.3, -0.25) is 0 Å². The number of aryl methyl sites for hydroxylation is 1. The topological polar surface area (TPSA) is 41.0 Å². The van der Waals surface area contributed by atoms with Crippen molar-refractivity contribution in [3.8, 4) is 0 Å². The van der Waals surface area contributed by atoms with Crippen molar-refractivity contribution in [2.75, 3.05) is 19.5 Å². The van der Waals surface area contributed by atoms with Crippen LogP contribution in [0.3, 0.4) is 0 Å². The van der Waals surface area contributed by atoms with Crippen LogP contribution < -0.4 is 5.43 Å². The highest BCUT2D eigenvalue weighted by Gasteiger charge is 1.99. The molecule has 0 spiro atoms. The molecular formula is C7H11ClN4. The molecule has 0 aliphatic rings. The largest absolute Gasteiger partial charge is 0.303 e. The molecule has 5 heteroatoms. The monoisotopic (exact) mass is 186 g/mol.